The fourth-order valence-corrected chi connectivity index (χ4v) is 2.66. The van der Waals surface area contributed by atoms with Gasteiger partial charge in [0.25, 0.3) is 0 Å². The number of carbonyl (C=O) groups is 1. The summed E-state index contributed by atoms with van der Waals surface area (Å²) in [6.45, 7) is 1.65. The van der Waals surface area contributed by atoms with Gasteiger partial charge in [0.2, 0.25) is 5.91 Å². The maximum Gasteiger partial charge on any atom is 0.238 e. The Bertz CT molecular complexity index is 892. The number of hydrogen-bond donors (Lipinski definition) is 2. The smallest absolute Gasteiger partial charge is 0.238 e. The van der Waals surface area contributed by atoms with E-state index >= 15 is 0 Å². The zero-order valence-corrected chi connectivity index (χ0v) is 16.0. The Labute approximate surface area is 163 Å². The van der Waals surface area contributed by atoms with Crippen LogP contribution in [0.15, 0.2) is 48.8 Å². The molecule has 0 saturated carbocycles. The first-order chi connectivity index (χ1) is 13.7. The maximum atomic E-state index is 12.0. The highest BCUT2D eigenvalue weighted by Gasteiger charge is 2.10. The van der Waals surface area contributed by atoms with Crippen molar-refractivity contribution in [3.05, 3.63) is 54.5 Å². The van der Waals surface area contributed by atoms with E-state index in [1.807, 2.05) is 35.0 Å². The van der Waals surface area contributed by atoms with Crippen molar-refractivity contribution in [2.75, 3.05) is 39.2 Å². The number of fused-ring (bicyclic) bond motifs is 1. The first kappa shape index (κ1) is 19.7. The second kappa shape index (κ2) is 9.72. The van der Waals surface area contributed by atoms with Crippen LogP contribution in [0.3, 0.4) is 0 Å². The monoisotopic (exact) mass is 384 g/mol. The highest BCUT2D eigenvalue weighted by atomic mass is 16.5. The van der Waals surface area contributed by atoms with Crippen LogP contribution in [-0.4, -0.2) is 49.2 Å². The van der Waals surface area contributed by atoms with Crippen molar-refractivity contribution in [2.24, 2.45) is 0 Å². The van der Waals surface area contributed by atoms with Crippen LogP contribution in [0.1, 0.15) is 5.69 Å². The SMILES string of the molecule is COCCNCC(=O)Nc1ccc(OC)c(OCc2cn3ccccc3n2)c1. The third kappa shape index (κ3) is 5.21. The average molecular weight is 384 g/mol. The lowest BCUT2D eigenvalue weighted by Gasteiger charge is -2.12. The number of rotatable bonds is 10. The zero-order valence-electron chi connectivity index (χ0n) is 16.0. The summed E-state index contributed by atoms with van der Waals surface area (Å²) in [5.41, 5.74) is 2.28. The summed E-state index contributed by atoms with van der Waals surface area (Å²) >= 11 is 0. The molecule has 2 N–H and O–H groups in total. The van der Waals surface area contributed by atoms with Gasteiger partial charge < -0.3 is 29.2 Å². The summed E-state index contributed by atoms with van der Waals surface area (Å²) in [6.07, 6.45) is 3.85. The average Bonchev–Trinajstić information content (AvgIpc) is 3.13. The third-order valence-electron chi connectivity index (χ3n) is 4.01. The summed E-state index contributed by atoms with van der Waals surface area (Å²) in [5.74, 6) is 0.970. The Morgan fingerprint density at radius 3 is 2.86 bits per heavy atom. The van der Waals surface area contributed by atoms with Crippen LogP contribution in [0.4, 0.5) is 5.69 Å². The molecule has 148 valence electrons. The highest BCUT2D eigenvalue weighted by molar-refractivity contribution is 5.92. The van der Waals surface area contributed by atoms with Crippen LogP contribution in [0.5, 0.6) is 11.5 Å². The fourth-order valence-electron chi connectivity index (χ4n) is 2.66. The molecule has 0 radical (unpaired) electrons. The minimum Gasteiger partial charge on any atom is -0.493 e. The number of nitrogens with zero attached hydrogens (tertiary/aromatic N) is 2. The Hall–Kier alpha value is -3.10. The van der Waals surface area contributed by atoms with Crippen molar-refractivity contribution in [3.8, 4) is 11.5 Å². The van der Waals surface area contributed by atoms with E-state index in [1.54, 1.807) is 32.4 Å². The Morgan fingerprint density at radius 2 is 2.07 bits per heavy atom. The van der Waals surface area contributed by atoms with Gasteiger partial charge in [-0.15, -0.1) is 0 Å². The largest absolute Gasteiger partial charge is 0.493 e. The van der Waals surface area contributed by atoms with E-state index in [4.69, 9.17) is 14.2 Å². The number of methoxy groups -OCH3 is 2. The van der Waals surface area contributed by atoms with Gasteiger partial charge in [-0.05, 0) is 24.3 Å². The molecule has 0 aliphatic carbocycles. The second-order valence-corrected chi connectivity index (χ2v) is 6.07. The Morgan fingerprint density at radius 1 is 1.18 bits per heavy atom. The summed E-state index contributed by atoms with van der Waals surface area (Å²) in [7, 11) is 3.19. The number of nitrogens with one attached hydrogen (secondary N) is 2. The van der Waals surface area contributed by atoms with Gasteiger partial charge >= 0.3 is 0 Å². The molecule has 0 fully saturated rings. The first-order valence-corrected chi connectivity index (χ1v) is 8.92. The van der Waals surface area contributed by atoms with Crippen molar-refractivity contribution < 1.29 is 19.0 Å². The predicted molar refractivity (Wildman–Crippen MR) is 106 cm³/mol. The van der Waals surface area contributed by atoms with Gasteiger partial charge in [-0.3, -0.25) is 4.79 Å². The molecule has 3 aromatic rings. The molecule has 1 amide bonds. The van der Waals surface area contributed by atoms with Gasteiger partial charge in [0.1, 0.15) is 12.3 Å². The number of imidazole rings is 1. The van der Waals surface area contributed by atoms with E-state index in [0.29, 0.717) is 30.3 Å². The normalized spacial score (nSPS) is 10.8. The molecule has 28 heavy (non-hydrogen) atoms. The summed E-state index contributed by atoms with van der Waals surface area (Å²) in [4.78, 5) is 16.5. The van der Waals surface area contributed by atoms with Crippen LogP contribution >= 0.6 is 0 Å². The molecule has 0 unspecified atom stereocenters. The molecule has 8 heteroatoms. The van der Waals surface area contributed by atoms with Crippen molar-refractivity contribution >= 4 is 17.2 Å². The zero-order chi connectivity index (χ0) is 19.8. The molecule has 3 rings (SSSR count). The lowest BCUT2D eigenvalue weighted by atomic mass is 10.2. The standard InChI is InChI=1S/C20H24N4O4/c1-26-10-8-21-12-20(25)23-15-6-7-17(27-2)18(11-15)28-14-16-13-24-9-4-3-5-19(24)22-16/h3-7,9,11,13,21H,8,10,12,14H2,1-2H3,(H,23,25). The minimum atomic E-state index is -0.146. The summed E-state index contributed by atoms with van der Waals surface area (Å²) in [5, 5.41) is 5.83. The van der Waals surface area contributed by atoms with Crippen LogP contribution in [0.2, 0.25) is 0 Å². The lowest BCUT2D eigenvalue weighted by molar-refractivity contribution is -0.115. The molecule has 0 bridgehead atoms. The number of aromatic nitrogens is 2. The van der Waals surface area contributed by atoms with E-state index in [1.165, 1.54) is 0 Å². The molecular weight excluding hydrogens is 360 g/mol. The predicted octanol–water partition coefficient (Wildman–Crippen LogP) is 2.10. The molecule has 1 aromatic carbocycles. The minimum absolute atomic E-state index is 0.146. The van der Waals surface area contributed by atoms with Crippen LogP contribution in [0.25, 0.3) is 5.65 Å². The number of hydrogen-bond acceptors (Lipinski definition) is 6. The fraction of sp³-hybridized carbons (Fsp3) is 0.300. The molecular formula is C20H24N4O4. The molecule has 0 aliphatic rings. The number of anilines is 1. The quantitative estimate of drug-likeness (QED) is 0.521. The van der Waals surface area contributed by atoms with Crippen LogP contribution < -0.4 is 20.1 Å². The molecule has 8 nitrogen and oxygen atoms in total. The van der Waals surface area contributed by atoms with Crippen molar-refractivity contribution in [3.63, 3.8) is 0 Å². The van der Waals surface area contributed by atoms with Gasteiger partial charge in [0.15, 0.2) is 11.5 Å². The van der Waals surface area contributed by atoms with Crippen LogP contribution in [-0.2, 0) is 16.1 Å². The number of ether oxygens (including phenoxy) is 3. The Balaban J connectivity index is 1.62. The number of pyridine rings is 1. The maximum absolute atomic E-state index is 12.0. The number of carbonyl (C=O) groups excluding carboxylic acids is 1. The van der Waals surface area contributed by atoms with E-state index in [2.05, 4.69) is 15.6 Å². The molecule has 0 aliphatic heterocycles. The van der Waals surface area contributed by atoms with Crippen molar-refractivity contribution in [1.29, 1.82) is 0 Å². The molecule has 0 atom stereocenters. The van der Waals surface area contributed by atoms with E-state index in [-0.39, 0.29) is 19.1 Å². The third-order valence-corrected chi connectivity index (χ3v) is 4.01. The number of amides is 1. The van der Waals surface area contributed by atoms with E-state index in [0.717, 1.165) is 11.3 Å². The van der Waals surface area contributed by atoms with Gasteiger partial charge in [-0.1, -0.05) is 6.07 Å². The molecule has 0 saturated heterocycles. The Kier molecular flexibility index (Phi) is 6.83. The summed E-state index contributed by atoms with van der Waals surface area (Å²) < 4.78 is 18.1. The van der Waals surface area contributed by atoms with Gasteiger partial charge in [0.05, 0.1) is 26.0 Å². The van der Waals surface area contributed by atoms with Gasteiger partial charge in [-0.2, -0.15) is 0 Å². The second-order valence-electron chi connectivity index (χ2n) is 6.07. The van der Waals surface area contributed by atoms with E-state index in [9.17, 15) is 4.79 Å². The lowest BCUT2D eigenvalue weighted by Crippen LogP contribution is -2.30. The number of benzene rings is 1. The molecule has 2 heterocycles. The van der Waals surface area contributed by atoms with Crippen molar-refractivity contribution in [2.45, 2.75) is 6.61 Å². The van der Waals surface area contributed by atoms with Crippen LogP contribution in [0, 0.1) is 0 Å². The first-order valence-electron chi connectivity index (χ1n) is 8.92. The molecule has 2 aromatic heterocycles. The van der Waals surface area contributed by atoms with Gasteiger partial charge in [-0.25, -0.2) is 4.98 Å². The van der Waals surface area contributed by atoms with Crippen molar-refractivity contribution in [1.82, 2.24) is 14.7 Å². The van der Waals surface area contributed by atoms with Gasteiger partial charge in [0, 0.05) is 37.8 Å². The topological polar surface area (TPSA) is 86.1 Å². The highest BCUT2D eigenvalue weighted by Crippen LogP contribution is 2.30. The molecule has 0 spiro atoms. The summed E-state index contributed by atoms with van der Waals surface area (Å²) in [6, 6.07) is 11.1. The van der Waals surface area contributed by atoms with E-state index < -0.39 is 0 Å².